The van der Waals surface area contributed by atoms with Crippen LogP contribution in [0.1, 0.15) is 21.9 Å². The van der Waals surface area contributed by atoms with E-state index in [2.05, 4.69) is 10.9 Å². The molecule has 0 saturated carbocycles. The number of carbonyl (C=O) groups is 2. The maximum atomic E-state index is 12.8. The highest BCUT2D eigenvalue weighted by Crippen LogP contribution is 2.36. The predicted molar refractivity (Wildman–Crippen MR) is 114 cm³/mol. The molecule has 1 heterocycles. The third-order valence-corrected chi connectivity index (χ3v) is 5.23. The van der Waals surface area contributed by atoms with Crippen molar-refractivity contribution in [3.05, 3.63) is 87.9 Å². The Morgan fingerprint density at radius 3 is 2.47 bits per heavy atom. The van der Waals surface area contributed by atoms with Gasteiger partial charge in [-0.1, -0.05) is 18.2 Å². The van der Waals surface area contributed by atoms with Gasteiger partial charge in [0.25, 0.3) is 5.69 Å². The van der Waals surface area contributed by atoms with E-state index < -0.39 is 39.9 Å². The molecule has 1 aromatic heterocycles. The standard InChI is InChI=1S/C21H16F3N3O6S/c22-21(23,24)13-6-9-18(16(10-13)27(30)31)34-12-19(28)25-26-20(29)17-8-7-15(33-17)11-32-14-4-2-1-3-5-14/h1-10H,11-12H2,(H,25,28)(H,26,29). The van der Waals surface area contributed by atoms with E-state index in [0.717, 1.165) is 6.07 Å². The minimum absolute atomic E-state index is 0.0756. The highest BCUT2D eigenvalue weighted by molar-refractivity contribution is 8.00. The maximum absolute atomic E-state index is 12.8. The summed E-state index contributed by atoms with van der Waals surface area (Å²) >= 11 is 0.647. The van der Waals surface area contributed by atoms with Crippen molar-refractivity contribution in [2.45, 2.75) is 17.7 Å². The maximum Gasteiger partial charge on any atom is 0.416 e. The lowest BCUT2D eigenvalue weighted by Crippen LogP contribution is -2.42. The SMILES string of the molecule is O=C(CSc1ccc(C(F)(F)F)cc1[N+](=O)[O-])NNC(=O)c1ccc(COc2ccccc2)o1. The number of halogens is 3. The van der Waals surface area contributed by atoms with Gasteiger partial charge in [-0.3, -0.25) is 30.6 Å². The topological polar surface area (TPSA) is 124 Å². The number of nitro groups is 1. The summed E-state index contributed by atoms with van der Waals surface area (Å²) in [7, 11) is 0. The number of benzene rings is 2. The molecule has 0 bridgehead atoms. The number of furan rings is 1. The van der Waals surface area contributed by atoms with Gasteiger partial charge in [0.1, 0.15) is 18.1 Å². The predicted octanol–water partition coefficient (Wildman–Crippen LogP) is 4.34. The molecule has 0 spiro atoms. The molecule has 2 aromatic carbocycles. The summed E-state index contributed by atoms with van der Waals surface area (Å²) in [6, 6.07) is 13.8. The smallest absolute Gasteiger partial charge is 0.416 e. The van der Waals surface area contributed by atoms with Gasteiger partial charge < -0.3 is 9.15 Å². The molecule has 178 valence electrons. The van der Waals surface area contributed by atoms with Gasteiger partial charge in [-0.15, -0.1) is 11.8 Å². The molecule has 3 aromatic rings. The van der Waals surface area contributed by atoms with Crippen molar-refractivity contribution in [1.29, 1.82) is 0 Å². The van der Waals surface area contributed by atoms with Crippen LogP contribution in [0, 0.1) is 10.1 Å². The second-order valence-electron chi connectivity index (χ2n) is 6.60. The molecule has 9 nitrogen and oxygen atoms in total. The van der Waals surface area contributed by atoms with Crippen molar-refractivity contribution < 1.29 is 36.8 Å². The Labute approximate surface area is 194 Å². The summed E-state index contributed by atoms with van der Waals surface area (Å²) < 4.78 is 49.2. The summed E-state index contributed by atoms with van der Waals surface area (Å²) in [5.74, 6) is -1.02. The van der Waals surface area contributed by atoms with Gasteiger partial charge in [0.2, 0.25) is 5.91 Å². The van der Waals surface area contributed by atoms with E-state index in [-0.39, 0.29) is 17.3 Å². The molecular formula is C21H16F3N3O6S. The Balaban J connectivity index is 1.49. The van der Waals surface area contributed by atoms with E-state index in [1.807, 2.05) is 6.07 Å². The first-order chi connectivity index (χ1) is 16.1. The number of alkyl halides is 3. The number of nitro benzene ring substituents is 1. The lowest BCUT2D eigenvalue weighted by Gasteiger charge is -2.09. The normalized spacial score (nSPS) is 11.0. The number of hydrogen-bond acceptors (Lipinski definition) is 7. The molecule has 2 N–H and O–H groups in total. The van der Waals surface area contributed by atoms with Crippen molar-refractivity contribution in [1.82, 2.24) is 10.9 Å². The monoisotopic (exact) mass is 495 g/mol. The fourth-order valence-electron chi connectivity index (χ4n) is 2.57. The van der Waals surface area contributed by atoms with Crippen LogP contribution in [0.2, 0.25) is 0 Å². The fourth-order valence-corrected chi connectivity index (χ4v) is 3.38. The van der Waals surface area contributed by atoms with Crippen molar-refractivity contribution in [3.63, 3.8) is 0 Å². The van der Waals surface area contributed by atoms with Crippen LogP contribution in [0.15, 0.2) is 70.0 Å². The first-order valence-corrected chi connectivity index (χ1v) is 10.5. The zero-order valence-corrected chi connectivity index (χ0v) is 17.9. The Morgan fingerprint density at radius 2 is 1.79 bits per heavy atom. The van der Waals surface area contributed by atoms with Gasteiger partial charge in [0.15, 0.2) is 5.76 Å². The van der Waals surface area contributed by atoms with E-state index in [1.165, 1.54) is 12.1 Å². The Kier molecular flexibility index (Phi) is 7.79. The van der Waals surface area contributed by atoms with Gasteiger partial charge in [0.05, 0.1) is 21.1 Å². The Morgan fingerprint density at radius 1 is 1.06 bits per heavy atom. The first-order valence-electron chi connectivity index (χ1n) is 9.47. The third kappa shape index (κ3) is 6.75. The summed E-state index contributed by atoms with van der Waals surface area (Å²) in [6.45, 7) is 0.0756. The Bertz CT molecular complexity index is 1180. The lowest BCUT2D eigenvalue weighted by atomic mass is 10.2. The number of carbonyl (C=O) groups excluding carboxylic acids is 2. The van der Waals surface area contributed by atoms with Crippen molar-refractivity contribution >= 4 is 29.3 Å². The van der Waals surface area contributed by atoms with E-state index >= 15 is 0 Å². The molecule has 0 saturated heterocycles. The minimum Gasteiger partial charge on any atom is -0.486 e. The van der Waals surface area contributed by atoms with Crippen LogP contribution >= 0.6 is 11.8 Å². The van der Waals surface area contributed by atoms with Crippen LogP contribution in [-0.4, -0.2) is 22.5 Å². The number of hydrogen-bond donors (Lipinski definition) is 2. The van der Waals surface area contributed by atoms with Crippen molar-refractivity contribution in [3.8, 4) is 5.75 Å². The number of rotatable bonds is 8. The number of hydrazine groups is 1. The second-order valence-corrected chi connectivity index (χ2v) is 7.61. The van der Waals surface area contributed by atoms with Crippen LogP contribution in [0.25, 0.3) is 0 Å². The highest BCUT2D eigenvalue weighted by Gasteiger charge is 2.33. The van der Waals surface area contributed by atoms with Gasteiger partial charge in [-0.05, 0) is 36.4 Å². The van der Waals surface area contributed by atoms with E-state index in [9.17, 15) is 32.9 Å². The number of nitrogens with one attached hydrogen (secondary N) is 2. The molecule has 0 unspecified atom stereocenters. The summed E-state index contributed by atoms with van der Waals surface area (Å²) in [4.78, 5) is 34.1. The Hall–Kier alpha value is -4.00. The molecule has 0 aliphatic rings. The number of nitrogens with zero attached hydrogens (tertiary/aromatic N) is 1. The van der Waals surface area contributed by atoms with E-state index in [4.69, 9.17) is 9.15 Å². The molecule has 13 heteroatoms. The van der Waals surface area contributed by atoms with Crippen LogP contribution in [0.5, 0.6) is 5.75 Å². The van der Waals surface area contributed by atoms with Gasteiger partial charge in [-0.25, -0.2) is 0 Å². The molecule has 0 fully saturated rings. The molecule has 0 radical (unpaired) electrons. The largest absolute Gasteiger partial charge is 0.486 e. The molecule has 0 atom stereocenters. The average Bonchev–Trinajstić information content (AvgIpc) is 3.29. The molecular weight excluding hydrogens is 479 g/mol. The quantitative estimate of drug-likeness (QED) is 0.271. The zero-order valence-electron chi connectivity index (χ0n) is 17.1. The molecule has 0 aliphatic carbocycles. The molecule has 2 amide bonds. The lowest BCUT2D eigenvalue weighted by molar-refractivity contribution is -0.388. The number of thioether (sulfide) groups is 1. The number of para-hydroxylation sites is 1. The average molecular weight is 495 g/mol. The summed E-state index contributed by atoms with van der Waals surface area (Å²) in [5.41, 5.74) is 2.27. The minimum atomic E-state index is -4.74. The van der Waals surface area contributed by atoms with Crippen LogP contribution in [0.3, 0.4) is 0 Å². The van der Waals surface area contributed by atoms with Gasteiger partial charge in [-0.2, -0.15) is 13.2 Å². The van der Waals surface area contributed by atoms with Crippen LogP contribution in [-0.2, 0) is 17.6 Å². The first kappa shape index (κ1) is 24.6. The zero-order chi connectivity index (χ0) is 24.7. The van der Waals surface area contributed by atoms with Crippen molar-refractivity contribution in [2.75, 3.05) is 5.75 Å². The number of ether oxygens (including phenoxy) is 1. The third-order valence-electron chi connectivity index (χ3n) is 4.17. The van der Waals surface area contributed by atoms with Crippen LogP contribution < -0.4 is 15.6 Å². The molecule has 34 heavy (non-hydrogen) atoms. The van der Waals surface area contributed by atoms with Crippen LogP contribution in [0.4, 0.5) is 18.9 Å². The summed E-state index contributed by atoms with van der Waals surface area (Å²) in [6.07, 6.45) is -4.74. The van der Waals surface area contributed by atoms with Crippen molar-refractivity contribution in [2.24, 2.45) is 0 Å². The molecule has 0 aliphatic heterocycles. The second kappa shape index (κ2) is 10.7. The van der Waals surface area contributed by atoms with Gasteiger partial charge in [0, 0.05) is 6.07 Å². The number of amides is 2. The van der Waals surface area contributed by atoms with E-state index in [0.29, 0.717) is 35.4 Å². The summed E-state index contributed by atoms with van der Waals surface area (Å²) in [5, 5.41) is 11.1. The van der Waals surface area contributed by atoms with Gasteiger partial charge >= 0.3 is 12.1 Å². The fraction of sp³-hybridized carbons (Fsp3) is 0.143. The van der Waals surface area contributed by atoms with E-state index in [1.54, 1.807) is 24.3 Å². The molecule has 3 rings (SSSR count). The highest BCUT2D eigenvalue weighted by atomic mass is 32.2.